The average molecular weight is 301 g/mol. The van der Waals surface area contributed by atoms with E-state index in [0.717, 1.165) is 0 Å². The second-order valence-corrected chi connectivity index (χ2v) is 10.4. The zero-order valence-electron chi connectivity index (χ0n) is 11.7. The third kappa shape index (κ3) is 15.7. The molecule has 0 unspecified atom stereocenters. The van der Waals surface area contributed by atoms with Crippen LogP contribution in [-0.4, -0.2) is 17.6 Å². The monoisotopic (exact) mass is 301 g/mol. The molecule has 3 heteroatoms. The van der Waals surface area contributed by atoms with Crippen molar-refractivity contribution in [1.82, 2.24) is 0 Å². The summed E-state index contributed by atoms with van der Waals surface area (Å²) in [6.45, 7) is 23.9. The van der Waals surface area contributed by atoms with Gasteiger partial charge in [0.25, 0.3) is 0 Å². The Morgan fingerprint density at radius 2 is 1.06 bits per heavy atom. The molecular weight excluding hydrogens is 275 g/mol. The van der Waals surface area contributed by atoms with Crippen molar-refractivity contribution in [3.63, 3.8) is 0 Å². The third-order valence-electron chi connectivity index (χ3n) is 2.15. The van der Waals surface area contributed by atoms with Crippen LogP contribution in [0.4, 0.5) is 0 Å². The smallest absolute Gasteiger partial charge is 0.245 e. The standard InChI is InChI=1S/2C7H13Si.V/c2*1-5-6-7(2)8(3)4;/h2*5-6,8H,1-2H2,3-4H3;/q2*-1;+2. The predicted molar refractivity (Wildman–Crippen MR) is 85.0 cm³/mol. The van der Waals surface area contributed by atoms with Gasteiger partial charge in [-0.15, -0.1) is 23.6 Å². The molecular formula is C14H26Si2V. The largest absolute Gasteiger partial charge is 2.00 e. The Balaban J connectivity index is -0.000000218. The van der Waals surface area contributed by atoms with Gasteiger partial charge in [0.15, 0.2) is 0 Å². The summed E-state index contributed by atoms with van der Waals surface area (Å²) in [5, 5.41) is 2.56. The van der Waals surface area contributed by atoms with E-state index < -0.39 is 17.6 Å². The molecule has 0 amide bonds. The number of rotatable bonds is 4. The van der Waals surface area contributed by atoms with Crippen molar-refractivity contribution in [1.29, 1.82) is 0 Å². The van der Waals surface area contributed by atoms with Crippen molar-refractivity contribution in [3.05, 3.63) is 61.7 Å². The fourth-order valence-corrected chi connectivity index (χ4v) is 1.73. The van der Waals surface area contributed by atoms with Crippen LogP contribution in [0.1, 0.15) is 0 Å². The van der Waals surface area contributed by atoms with Gasteiger partial charge in [-0.25, -0.2) is 38.2 Å². The van der Waals surface area contributed by atoms with Gasteiger partial charge >= 0.3 is 18.6 Å². The summed E-state index contributed by atoms with van der Waals surface area (Å²) in [4.78, 5) is 0. The van der Waals surface area contributed by atoms with Gasteiger partial charge in [-0.2, -0.15) is 0 Å². The minimum Gasteiger partial charge on any atom is -0.245 e. The van der Waals surface area contributed by atoms with Crippen LogP contribution in [0.25, 0.3) is 0 Å². The Morgan fingerprint density at radius 3 is 1.12 bits per heavy atom. The molecule has 0 bridgehead atoms. The first kappa shape index (κ1) is 21.9. The van der Waals surface area contributed by atoms with E-state index in [1.807, 2.05) is 12.2 Å². The molecule has 0 aliphatic heterocycles. The zero-order chi connectivity index (χ0) is 13.1. The van der Waals surface area contributed by atoms with Crippen molar-refractivity contribution in [2.24, 2.45) is 0 Å². The van der Waals surface area contributed by atoms with E-state index in [0.29, 0.717) is 0 Å². The van der Waals surface area contributed by atoms with Gasteiger partial charge in [-0.3, -0.25) is 0 Å². The topological polar surface area (TPSA) is 0 Å². The molecule has 0 aromatic heterocycles. The van der Waals surface area contributed by atoms with E-state index in [2.05, 4.69) is 53.2 Å². The molecule has 1 radical (unpaired) electrons. The molecule has 0 heterocycles. The Bertz CT molecular complexity index is 235. The minimum atomic E-state index is -0.604. The summed E-state index contributed by atoms with van der Waals surface area (Å²) in [6.07, 6.45) is 7.60. The molecule has 0 saturated carbocycles. The number of hydrogen-bond donors (Lipinski definition) is 0. The van der Waals surface area contributed by atoms with Crippen molar-refractivity contribution >= 4 is 17.6 Å². The molecule has 95 valence electrons. The third-order valence-corrected chi connectivity index (χ3v) is 5.50. The predicted octanol–water partition coefficient (Wildman–Crippen LogP) is 3.92. The molecule has 0 aliphatic rings. The van der Waals surface area contributed by atoms with E-state index in [4.69, 9.17) is 0 Å². The zero-order valence-corrected chi connectivity index (χ0v) is 15.4. The maximum atomic E-state index is 3.88. The first-order chi connectivity index (χ1) is 7.36. The van der Waals surface area contributed by atoms with Gasteiger partial charge < -0.3 is 0 Å². The van der Waals surface area contributed by atoms with Crippen LogP contribution in [-0.2, 0) is 18.6 Å². The van der Waals surface area contributed by atoms with Gasteiger partial charge in [-0.1, -0.05) is 26.2 Å². The van der Waals surface area contributed by atoms with E-state index in [1.54, 1.807) is 12.2 Å². The summed E-state index contributed by atoms with van der Waals surface area (Å²) in [6, 6.07) is 0. The van der Waals surface area contributed by atoms with Crippen LogP contribution in [0.2, 0.25) is 26.2 Å². The maximum absolute atomic E-state index is 3.88. The molecule has 0 atom stereocenters. The van der Waals surface area contributed by atoms with Crippen LogP contribution >= 0.6 is 0 Å². The molecule has 0 fully saturated rings. The Hall–Kier alpha value is -0.282. The number of allylic oxidation sites excluding steroid dienone is 6. The average Bonchev–Trinajstić information content (AvgIpc) is 2.19. The van der Waals surface area contributed by atoms with E-state index in [9.17, 15) is 0 Å². The van der Waals surface area contributed by atoms with Crippen LogP contribution < -0.4 is 0 Å². The fourth-order valence-electron chi connectivity index (χ4n) is 0.688. The molecule has 0 aliphatic carbocycles. The molecule has 0 aromatic carbocycles. The molecule has 17 heavy (non-hydrogen) atoms. The number of hydrogen-bond acceptors (Lipinski definition) is 0. The van der Waals surface area contributed by atoms with E-state index >= 15 is 0 Å². The van der Waals surface area contributed by atoms with Crippen LogP contribution in [0.15, 0.2) is 47.9 Å². The summed E-state index contributed by atoms with van der Waals surface area (Å²) < 4.78 is 0. The van der Waals surface area contributed by atoms with Gasteiger partial charge in [0.05, 0.1) is 0 Å². The Labute approximate surface area is 124 Å². The van der Waals surface area contributed by atoms with Gasteiger partial charge in [-0.05, 0) is 0 Å². The van der Waals surface area contributed by atoms with Crippen LogP contribution in [0.3, 0.4) is 0 Å². The fraction of sp³-hybridized carbons (Fsp3) is 0.286. The molecule has 0 N–H and O–H groups in total. The van der Waals surface area contributed by atoms with Crippen LogP contribution in [0.5, 0.6) is 0 Å². The molecule has 0 saturated heterocycles. The summed E-state index contributed by atoms with van der Waals surface area (Å²) in [7, 11) is -1.21. The summed E-state index contributed by atoms with van der Waals surface area (Å²) in [5.41, 5.74) is 0. The molecule has 0 rings (SSSR count). The van der Waals surface area contributed by atoms with Crippen LogP contribution in [0, 0.1) is 13.8 Å². The Kier molecular flexibility index (Phi) is 17.8. The SMILES string of the molecule is C=C(C=C[CH2-])[SiH](C)C.C=C(C=C[CH2-])[SiH](C)C.[V+2]. The second kappa shape index (κ2) is 13.8. The first-order valence-electron chi connectivity index (χ1n) is 5.65. The van der Waals surface area contributed by atoms with E-state index in [-0.39, 0.29) is 18.6 Å². The first-order valence-corrected chi connectivity index (χ1v) is 11.4. The molecule has 0 nitrogen and oxygen atoms in total. The van der Waals surface area contributed by atoms with Crippen molar-refractivity contribution in [2.75, 3.05) is 0 Å². The van der Waals surface area contributed by atoms with E-state index in [1.165, 1.54) is 10.4 Å². The molecule has 0 aromatic rings. The summed E-state index contributed by atoms with van der Waals surface area (Å²) in [5.74, 6) is 0. The van der Waals surface area contributed by atoms with Crippen molar-refractivity contribution in [3.8, 4) is 0 Å². The maximum Gasteiger partial charge on any atom is 2.00 e. The second-order valence-electron chi connectivity index (χ2n) is 4.26. The summed E-state index contributed by atoms with van der Waals surface area (Å²) >= 11 is 0. The minimum absolute atomic E-state index is 0. The van der Waals surface area contributed by atoms with Gasteiger partial charge in [0, 0.05) is 17.6 Å². The van der Waals surface area contributed by atoms with Gasteiger partial charge in [0.2, 0.25) is 0 Å². The molecule has 0 spiro atoms. The Morgan fingerprint density at radius 1 is 0.824 bits per heavy atom. The van der Waals surface area contributed by atoms with Crippen molar-refractivity contribution in [2.45, 2.75) is 26.2 Å². The van der Waals surface area contributed by atoms with Crippen molar-refractivity contribution < 1.29 is 18.6 Å². The van der Waals surface area contributed by atoms with Gasteiger partial charge in [0.1, 0.15) is 0 Å². The normalized spacial score (nSPS) is 10.2. The quantitative estimate of drug-likeness (QED) is 0.419.